The van der Waals surface area contributed by atoms with Crippen LogP contribution in [0.5, 0.6) is 0 Å². The third-order valence-corrected chi connectivity index (χ3v) is 2.68. The average Bonchev–Trinajstić information content (AvgIpc) is 2.39. The molecule has 0 aliphatic rings. The van der Waals surface area contributed by atoms with Gasteiger partial charge in [0.25, 0.3) is 5.69 Å². The molecule has 4 nitrogen and oxygen atoms in total. The molecule has 0 fully saturated rings. The number of nitro groups is 1. The van der Waals surface area contributed by atoms with Crippen molar-refractivity contribution in [2.24, 2.45) is 0 Å². The Morgan fingerprint density at radius 2 is 1.72 bits per heavy atom. The van der Waals surface area contributed by atoms with E-state index in [2.05, 4.69) is 0 Å². The van der Waals surface area contributed by atoms with Gasteiger partial charge < -0.3 is 0 Å². The maximum absolute atomic E-state index is 12.1. The van der Waals surface area contributed by atoms with Crippen molar-refractivity contribution in [1.82, 2.24) is 0 Å². The fourth-order valence-electron chi connectivity index (χ4n) is 1.53. The molecule has 0 saturated carbocycles. The summed E-state index contributed by atoms with van der Waals surface area (Å²) in [6, 6.07) is 12.0. The highest BCUT2D eigenvalue weighted by atomic mass is 35.5. The lowest BCUT2D eigenvalue weighted by molar-refractivity contribution is -0.384. The molecule has 0 radical (unpaired) electrons. The number of rotatable bonds is 3. The van der Waals surface area contributed by atoms with E-state index in [0.717, 1.165) is 0 Å². The second kappa shape index (κ2) is 4.98. The predicted molar refractivity (Wildman–Crippen MR) is 68.0 cm³/mol. The summed E-state index contributed by atoms with van der Waals surface area (Å²) in [6.07, 6.45) is 0. The van der Waals surface area contributed by atoms with E-state index in [4.69, 9.17) is 11.6 Å². The molecule has 90 valence electrons. The fraction of sp³-hybridized carbons (Fsp3) is 0. The molecular weight excluding hydrogens is 254 g/mol. The maximum atomic E-state index is 12.1. The molecule has 0 amide bonds. The largest absolute Gasteiger partial charge is 0.289 e. The Labute approximate surface area is 108 Å². The Kier molecular flexibility index (Phi) is 3.39. The van der Waals surface area contributed by atoms with Crippen LogP contribution in [-0.4, -0.2) is 10.7 Å². The van der Waals surface area contributed by atoms with Gasteiger partial charge in [0.1, 0.15) is 0 Å². The summed E-state index contributed by atoms with van der Waals surface area (Å²) in [5, 5.41) is 11.2. The molecule has 0 saturated heterocycles. The van der Waals surface area contributed by atoms with Gasteiger partial charge in [0.2, 0.25) is 0 Å². The van der Waals surface area contributed by atoms with Crippen LogP contribution in [0.3, 0.4) is 0 Å². The molecule has 0 heterocycles. The van der Waals surface area contributed by atoms with E-state index < -0.39 is 4.92 Å². The van der Waals surface area contributed by atoms with Gasteiger partial charge in [-0.15, -0.1) is 0 Å². The zero-order valence-corrected chi connectivity index (χ0v) is 9.92. The van der Waals surface area contributed by atoms with Crippen molar-refractivity contribution in [1.29, 1.82) is 0 Å². The first-order valence-electron chi connectivity index (χ1n) is 5.12. The SMILES string of the molecule is O=C(c1ccc(Cl)cc1)c1cccc([N+](=O)[O-])c1. The van der Waals surface area contributed by atoms with Crippen molar-refractivity contribution < 1.29 is 9.72 Å². The van der Waals surface area contributed by atoms with Gasteiger partial charge in [0.15, 0.2) is 5.78 Å². The lowest BCUT2D eigenvalue weighted by atomic mass is 10.0. The first kappa shape index (κ1) is 12.3. The summed E-state index contributed by atoms with van der Waals surface area (Å²) in [6.45, 7) is 0. The molecule has 2 aromatic rings. The quantitative estimate of drug-likeness (QED) is 0.483. The van der Waals surface area contributed by atoms with Gasteiger partial charge in [0.05, 0.1) is 4.92 Å². The van der Waals surface area contributed by atoms with Gasteiger partial charge in [-0.05, 0) is 24.3 Å². The summed E-state index contributed by atoms with van der Waals surface area (Å²) in [4.78, 5) is 22.2. The summed E-state index contributed by atoms with van der Waals surface area (Å²) >= 11 is 5.73. The molecule has 0 aliphatic heterocycles. The number of nitro benzene ring substituents is 1. The topological polar surface area (TPSA) is 60.2 Å². The minimum atomic E-state index is -0.529. The molecule has 0 bridgehead atoms. The summed E-state index contributed by atoms with van der Waals surface area (Å²) in [5.74, 6) is -0.268. The summed E-state index contributed by atoms with van der Waals surface area (Å²) in [7, 11) is 0. The number of halogens is 1. The van der Waals surface area contributed by atoms with Gasteiger partial charge in [-0.2, -0.15) is 0 Å². The molecule has 0 atom stereocenters. The number of non-ortho nitro benzene ring substituents is 1. The Bertz CT molecular complexity index is 608. The third-order valence-electron chi connectivity index (χ3n) is 2.43. The van der Waals surface area contributed by atoms with Crippen LogP contribution in [0.1, 0.15) is 15.9 Å². The second-order valence-corrected chi connectivity index (χ2v) is 4.08. The van der Waals surface area contributed by atoms with Crippen LogP contribution in [-0.2, 0) is 0 Å². The number of ketones is 1. The van der Waals surface area contributed by atoms with Gasteiger partial charge in [-0.25, -0.2) is 0 Å². The van der Waals surface area contributed by atoms with Crippen LogP contribution in [0.15, 0.2) is 48.5 Å². The van der Waals surface area contributed by atoms with Crippen molar-refractivity contribution in [3.05, 3.63) is 74.8 Å². The van der Waals surface area contributed by atoms with Crippen molar-refractivity contribution in [3.63, 3.8) is 0 Å². The third kappa shape index (κ3) is 2.55. The lowest BCUT2D eigenvalue weighted by Crippen LogP contribution is -2.01. The zero-order chi connectivity index (χ0) is 13.1. The molecule has 0 aromatic heterocycles. The molecule has 18 heavy (non-hydrogen) atoms. The first-order chi connectivity index (χ1) is 8.58. The standard InChI is InChI=1S/C13H8ClNO3/c14-11-6-4-9(5-7-11)13(16)10-2-1-3-12(8-10)15(17)18/h1-8H. The van der Waals surface area contributed by atoms with Crippen LogP contribution in [0, 0.1) is 10.1 Å². The Balaban J connectivity index is 2.37. The Morgan fingerprint density at radius 3 is 2.33 bits per heavy atom. The minimum absolute atomic E-state index is 0.102. The van der Waals surface area contributed by atoms with Gasteiger partial charge in [-0.1, -0.05) is 23.7 Å². The highest BCUT2D eigenvalue weighted by molar-refractivity contribution is 6.30. The summed E-state index contributed by atoms with van der Waals surface area (Å²) in [5.41, 5.74) is 0.626. The van der Waals surface area contributed by atoms with Crippen LogP contribution in [0.2, 0.25) is 5.02 Å². The van der Waals surface area contributed by atoms with Crippen molar-refractivity contribution in [2.75, 3.05) is 0 Å². The lowest BCUT2D eigenvalue weighted by Gasteiger charge is -2.01. The van der Waals surface area contributed by atoms with Crippen molar-refractivity contribution in [3.8, 4) is 0 Å². The van der Waals surface area contributed by atoms with Crippen molar-refractivity contribution in [2.45, 2.75) is 0 Å². The van der Waals surface area contributed by atoms with Crippen LogP contribution in [0.25, 0.3) is 0 Å². The van der Waals surface area contributed by atoms with E-state index in [0.29, 0.717) is 10.6 Å². The molecule has 5 heteroatoms. The number of nitrogens with zero attached hydrogens (tertiary/aromatic N) is 1. The monoisotopic (exact) mass is 261 g/mol. The Hall–Kier alpha value is -2.20. The van der Waals surface area contributed by atoms with E-state index in [-0.39, 0.29) is 17.0 Å². The van der Waals surface area contributed by atoms with Crippen LogP contribution < -0.4 is 0 Å². The van der Waals surface area contributed by atoms with E-state index in [1.54, 1.807) is 30.3 Å². The molecule has 0 unspecified atom stereocenters. The smallest absolute Gasteiger partial charge is 0.270 e. The predicted octanol–water partition coefficient (Wildman–Crippen LogP) is 3.48. The van der Waals surface area contributed by atoms with Gasteiger partial charge >= 0.3 is 0 Å². The van der Waals surface area contributed by atoms with Gasteiger partial charge in [0, 0.05) is 28.3 Å². The number of carbonyl (C=O) groups is 1. The fourth-order valence-corrected chi connectivity index (χ4v) is 1.65. The summed E-state index contributed by atoms with van der Waals surface area (Å²) < 4.78 is 0. The van der Waals surface area contributed by atoms with E-state index in [9.17, 15) is 14.9 Å². The average molecular weight is 262 g/mol. The van der Waals surface area contributed by atoms with Crippen LogP contribution >= 0.6 is 11.6 Å². The zero-order valence-electron chi connectivity index (χ0n) is 9.17. The number of carbonyl (C=O) groups excluding carboxylic acids is 1. The molecule has 0 N–H and O–H groups in total. The van der Waals surface area contributed by atoms with Gasteiger partial charge in [-0.3, -0.25) is 14.9 Å². The van der Waals surface area contributed by atoms with E-state index >= 15 is 0 Å². The number of hydrogen-bond donors (Lipinski definition) is 0. The first-order valence-corrected chi connectivity index (χ1v) is 5.50. The highest BCUT2D eigenvalue weighted by Gasteiger charge is 2.13. The highest BCUT2D eigenvalue weighted by Crippen LogP contribution is 2.17. The van der Waals surface area contributed by atoms with E-state index in [1.165, 1.54) is 18.2 Å². The number of benzene rings is 2. The van der Waals surface area contributed by atoms with Crippen LogP contribution in [0.4, 0.5) is 5.69 Å². The Morgan fingerprint density at radius 1 is 1.06 bits per heavy atom. The molecular formula is C13H8ClNO3. The maximum Gasteiger partial charge on any atom is 0.270 e. The minimum Gasteiger partial charge on any atom is -0.289 e. The number of hydrogen-bond acceptors (Lipinski definition) is 3. The molecule has 0 spiro atoms. The molecule has 2 rings (SSSR count). The molecule has 0 aliphatic carbocycles. The van der Waals surface area contributed by atoms with Crippen molar-refractivity contribution >= 4 is 23.1 Å². The second-order valence-electron chi connectivity index (χ2n) is 3.64. The normalized spacial score (nSPS) is 10.1. The van der Waals surface area contributed by atoms with E-state index in [1.807, 2.05) is 0 Å². The molecule has 2 aromatic carbocycles.